The van der Waals surface area contributed by atoms with Gasteiger partial charge in [0.15, 0.2) is 11.6 Å². The number of hydrogen-bond donors (Lipinski definition) is 2. The second-order valence-corrected chi connectivity index (χ2v) is 10.5. The molecule has 2 N–H and O–H groups in total. The number of carbonyl (C=O) groups excluding carboxylic acids is 2. The van der Waals surface area contributed by atoms with Crippen LogP contribution in [-0.4, -0.2) is 29.5 Å². The Morgan fingerprint density at radius 1 is 0.738 bits per heavy atom. The average Bonchev–Trinajstić information content (AvgIpc) is 2.95. The Balaban J connectivity index is 1.35. The number of benzene rings is 3. The summed E-state index contributed by atoms with van der Waals surface area (Å²) in [5.41, 5.74) is 0.791. The summed E-state index contributed by atoms with van der Waals surface area (Å²) in [4.78, 5) is 40.6. The first-order chi connectivity index (χ1) is 20.2. The summed E-state index contributed by atoms with van der Waals surface area (Å²) >= 11 is 0. The SMILES string of the molecule is O=C(Nc1ccc(F)c(F)c1)c1ccc(N2CC3CC(C2)c2cccc(=O)n2C3)c(NC(=O)c2c(F)cccc2F)c1. The summed E-state index contributed by atoms with van der Waals surface area (Å²) in [5.74, 6) is -5.87. The summed E-state index contributed by atoms with van der Waals surface area (Å²) in [5, 5.41) is 5.05. The van der Waals surface area contributed by atoms with Gasteiger partial charge in [0.2, 0.25) is 0 Å². The predicted octanol–water partition coefficient (Wildman–Crippen LogP) is 5.53. The minimum absolute atomic E-state index is 0.0137. The first kappa shape index (κ1) is 27.3. The fourth-order valence-electron chi connectivity index (χ4n) is 5.82. The molecular formula is C31H24F4N4O3. The van der Waals surface area contributed by atoms with E-state index in [0.29, 0.717) is 25.3 Å². The van der Waals surface area contributed by atoms with E-state index in [-0.39, 0.29) is 34.3 Å². The largest absolute Gasteiger partial charge is 0.369 e. The van der Waals surface area contributed by atoms with Crippen molar-refractivity contribution < 1.29 is 27.2 Å². The Morgan fingerprint density at radius 2 is 1.50 bits per heavy atom. The van der Waals surface area contributed by atoms with E-state index in [9.17, 15) is 31.9 Å². The van der Waals surface area contributed by atoms with Crippen molar-refractivity contribution in [2.45, 2.75) is 18.9 Å². The van der Waals surface area contributed by atoms with Crippen LogP contribution in [0, 0.1) is 29.2 Å². The molecule has 2 unspecified atom stereocenters. The Labute approximate surface area is 237 Å². The van der Waals surface area contributed by atoms with Crippen molar-refractivity contribution in [1.29, 1.82) is 0 Å². The molecule has 1 fully saturated rings. The Kier molecular flexibility index (Phi) is 7.01. The van der Waals surface area contributed by atoms with Gasteiger partial charge in [0.25, 0.3) is 17.4 Å². The van der Waals surface area contributed by atoms with Crippen LogP contribution in [0.5, 0.6) is 0 Å². The van der Waals surface area contributed by atoms with Crippen molar-refractivity contribution in [3.63, 3.8) is 0 Å². The number of amides is 2. The maximum atomic E-state index is 14.4. The highest BCUT2D eigenvalue weighted by Gasteiger charge is 2.35. The van der Waals surface area contributed by atoms with E-state index < -0.39 is 40.6 Å². The molecule has 2 aliphatic rings. The van der Waals surface area contributed by atoms with Crippen molar-refractivity contribution in [1.82, 2.24) is 4.57 Å². The summed E-state index contributed by atoms with van der Waals surface area (Å²) < 4.78 is 57.7. The number of aromatic nitrogens is 1. The van der Waals surface area contributed by atoms with Gasteiger partial charge in [0.05, 0.1) is 11.4 Å². The third-order valence-electron chi connectivity index (χ3n) is 7.69. The topological polar surface area (TPSA) is 83.4 Å². The summed E-state index contributed by atoms with van der Waals surface area (Å²) in [6.45, 7) is 1.56. The van der Waals surface area contributed by atoms with Crippen molar-refractivity contribution in [2.24, 2.45) is 5.92 Å². The second-order valence-electron chi connectivity index (χ2n) is 10.5. The predicted molar refractivity (Wildman–Crippen MR) is 149 cm³/mol. The number of piperidine rings is 1. The number of nitrogens with one attached hydrogen (secondary N) is 2. The second kappa shape index (κ2) is 10.8. The lowest BCUT2D eigenvalue weighted by molar-refractivity contribution is 0.101. The maximum absolute atomic E-state index is 14.4. The minimum Gasteiger partial charge on any atom is -0.369 e. The van der Waals surface area contributed by atoms with E-state index in [1.54, 1.807) is 16.7 Å². The molecular weight excluding hydrogens is 552 g/mol. The van der Waals surface area contributed by atoms with Crippen molar-refractivity contribution in [3.05, 3.63) is 123 Å². The Hall–Kier alpha value is -4.93. The van der Waals surface area contributed by atoms with E-state index in [4.69, 9.17) is 0 Å². The summed E-state index contributed by atoms with van der Waals surface area (Å²) in [6.07, 6.45) is 0.872. The van der Waals surface area contributed by atoms with Gasteiger partial charge in [-0.25, -0.2) is 17.6 Å². The fraction of sp³-hybridized carbons (Fsp3) is 0.194. The first-order valence-electron chi connectivity index (χ1n) is 13.3. The van der Waals surface area contributed by atoms with Gasteiger partial charge in [-0.3, -0.25) is 14.4 Å². The van der Waals surface area contributed by atoms with Gasteiger partial charge in [0, 0.05) is 54.6 Å². The summed E-state index contributed by atoms with van der Waals surface area (Å²) in [7, 11) is 0. The molecule has 0 saturated carbocycles. The highest BCUT2D eigenvalue weighted by Crippen LogP contribution is 2.39. The molecule has 0 radical (unpaired) electrons. The van der Waals surface area contributed by atoms with Gasteiger partial charge in [-0.1, -0.05) is 12.1 Å². The quantitative estimate of drug-likeness (QED) is 0.306. The molecule has 2 amide bonds. The molecule has 11 heteroatoms. The van der Waals surface area contributed by atoms with Crippen LogP contribution in [0.2, 0.25) is 0 Å². The van der Waals surface area contributed by atoms with Gasteiger partial charge < -0.3 is 20.1 Å². The van der Waals surface area contributed by atoms with Crippen LogP contribution in [0.4, 0.5) is 34.6 Å². The van der Waals surface area contributed by atoms with E-state index in [1.165, 1.54) is 24.3 Å². The molecule has 3 aromatic carbocycles. The normalized spacial score (nSPS) is 17.4. The number of anilines is 3. The molecule has 2 atom stereocenters. The molecule has 7 nitrogen and oxygen atoms in total. The Bertz CT molecular complexity index is 1770. The zero-order chi connectivity index (χ0) is 29.5. The van der Waals surface area contributed by atoms with Crippen molar-refractivity contribution in [3.8, 4) is 0 Å². The van der Waals surface area contributed by atoms with Gasteiger partial charge in [-0.15, -0.1) is 0 Å². The fourth-order valence-corrected chi connectivity index (χ4v) is 5.82. The molecule has 1 saturated heterocycles. The number of fused-ring (bicyclic) bond motifs is 4. The standard InChI is InChI=1S/C31H24F4N4O3/c32-21-9-8-20(13-24(21)35)36-30(41)18-7-10-27(25(12-18)37-31(42)29-22(33)3-1-4-23(29)34)38-14-17-11-19(16-38)26-5-2-6-28(40)39(26)15-17/h1-10,12-13,17,19H,11,14-16H2,(H,36,41)(H,37,42). The number of pyridine rings is 1. The van der Waals surface area contributed by atoms with Crippen LogP contribution in [0.25, 0.3) is 0 Å². The minimum atomic E-state index is -1.14. The molecule has 4 aromatic rings. The van der Waals surface area contributed by atoms with Crippen LogP contribution in [0.15, 0.2) is 77.6 Å². The number of hydrogen-bond acceptors (Lipinski definition) is 4. The molecule has 214 valence electrons. The number of halogens is 4. The van der Waals surface area contributed by atoms with Gasteiger partial charge in [-0.05, 0) is 60.9 Å². The molecule has 2 aliphatic heterocycles. The zero-order valence-electron chi connectivity index (χ0n) is 22.0. The van der Waals surface area contributed by atoms with Crippen LogP contribution in [0.1, 0.15) is 38.7 Å². The summed E-state index contributed by atoms with van der Waals surface area (Å²) in [6, 6.07) is 15.7. The molecule has 1 aromatic heterocycles. The van der Waals surface area contributed by atoms with Gasteiger partial charge in [0.1, 0.15) is 17.2 Å². The number of carbonyl (C=O) groups is 2. The van der Waals surface area contributed by atoms with E-state index in [2.05, 4.69) is 10.6 Å². The van der Waals surface area contributed by atoms with Crippen LogP contribution < -0.4 is 21.1 Å². The van der Waals surface area contributed by atoms with Gasteiger partial charge >= 0.3 is 0 Å². The molecule has 0 spiro atoms. The van der Waals surface area contributed by atoms with E-state index in [1.807, 2.05) is 11.0 Å². The number of nitrogens with zero attached hydrogens (tertiary/aromatic N) is 2. The van der Waals surface area contributed by atoms with Crippen LogP contribution >= 0.6 is 0 Å². The highest BCUT2D eigenvalue weighted by atomic mass is 19.2. The molecule has 3 heterocycles. The molecule has 6 rings (SSSR count). The maximum Gasteiger partial charge on any atom is 0.261 e. The third-order valence-corrected chi connectivity index (χ3v) is 7.69. The van der Waals surface area contributed by atoms with E-state index >= 15 is 0 Å². The molecule has 0 aliphatic carbocycles. The van der Waals surface area contributed by atoms with Gasteiger partial charge in [-0.2, -0.15) is 0 Å². The lowest BCUT2D eigenvalue weighted by Gasteiger charge is -2.44. The lowest BCUT2D eigenvalue weighted by atomic mass is 9.83. The highest BCUT2D eigenvalue weighted by molar-refractivity contribution is 6.09. The molecule has 2 bridgehead atoms. The Morgan fingerprint density at radius 3 is 2.26 bits per heavy atom. The zero-order valence-corrected chi connectivity index (χ0v) is 22.0. The lowest BCUT2D eigenvalue weighted by Crippen LogP contribution is -2.47. The van der Waals surface area contributed by atoms with Crippen molar-refractivity contribution in [2.75, 3.05) is 28.6 Å². The first-order valence-corrected chi connectivity index (χ1v) is 13.3. The average molecular weight is 577 g/mol. The smallest absolute Gasteiger partial charge is 0.261 e. The van der Waals surface area contributed by atoms with Crippen LogP contribution in [0.3, 0.4) is 0 Å². The monoisotopic (exact) mass is 576 g/mol. The van der Waals surface area contributed by atoms with Crippen molar-refractivity contribution >= 4 is 28.9 Å². The molecule has 42 heavy (non-hydrogen) atoms. The van der Waals surface area contributed by atoms with E-state index in [0.717, 1.165) is 42.4 Å². The number of rotatable bonds is 5. The third kappa shape index (κ3) is 5.13. The van der Waals surface area contributed by atoms with Crippen LogP contribution in [-0.2, 0) is 6.54 Å².